The zero-order valence-electron chi connectivity index (χ0n) is 6.40. The number of hydrogen-bond acceptors (Lipinski definition) is 4. The fraction of sp³-hybridized carbons (Fsp3) is 1.00. The number of nitrogens with zero attached hydrogens (tertiary/aromatic N) is 2. The van der Waals surface area contributed by atoms with Crippen LogP contribution in [0.5, 0.6) is 0 Å². The van der Waals surface area contributed by atoms with Gasteiger partial charge in [0.05, 0.1) is 0 Å². The quantitative estimate of drug-likeness (QED) is 0.344. The predicted octanol–water partition coefficient (Wildman–Crippen LogP) is 0.130. The third-order valence-electron chi connectivity index (χ3n) is 2.77. The Hall–Kier alpha value is 0.360. The Morgan fingerprint density at radius 1 is 1.33 bits per heavy atom. The van der Waals surface area contributed by atoms with Crippen LogP contribution in [0.2, 0.25) is 0 Å². The van der Waals surface area contributed by atoms with E-state index in [1.54, 1.807) is 0 Å². The summed E-state index contributed by atoms with van der Waals surface area (Å²) in [6.45, 7) is 3.24. The van der Waals surface area contributed by atoms with Crippen LogP contribution in [0.3, 0.4) is 0 Å². The summed E-state index contributed by atoms with van der Waals surface area (Å²) in [6.07, 6.45) is 2.41. The summed E-state index contributed by atoms with van der Waals surface area (Å²) in [5, 5.41) is 2.50. The van der Waals surface area contributed by atoms with Crippen molar-refractivity contribution >= 4 is 29.6 Å². The average molecular weight is 180 g/mol. The summed E-state index contributed by atoms with van der Waals surface area (Å²) >= 11 is 0. The molecule has 3 rings (SSSR count). The minimum atomic E-state index is 0. The normalized spacial score (nSPS) is 38.5. The SMILES string of the molecule is O=NOC1CN2CCC1CC2.[NaH]. The molecule has 0 N–H and O–H groups in total. The Bertz CT molecular complexity index is 159. The van der Waals surface area contributed by atoms with Gasteiger partial charge >= 0.3 is 29.6 Å². The van der Waals surface area contributed by atoms with Gasteiger partial charge in [-0.15, -0.1) is 4.91 Å². The number of piperidine rings is 3. The van der Waals surface area contributed by atoms with Gasteiger partial charge in [-0.25, -0.2) is 0 Å². The van der Waals surface area contributed by atoms with Crippen molar-refractivity contribution in [3.05, 3.63) is 4.91 Å². The molecule has 0 radical (unpaired) electrons. The second-order valence-electron chi connectivity index (χ2n) is 3.36. The molecular weight excluding hydrogens is 167 g/mol. The van der Waals surface area contributed by atoms with E-state index in [-0.39, 0.29) is 35.7 Å². The molecule has 0 saturated carbocycles. The maximum atomic E-state index is 9.86. The summed E-state index contributed by atoms with van der Waals surface area (Å²) < 4.78 is 0. The third kappa shape index (κ3) is 1.99. The molecule has 0 amide bonds. The molecule has 3 heterocycles. The Kier molecular flexibility index (Phi) is 3.96. The van der Waals surface area contributed by atoms with Crippen molar-refractivity contribution in [1.29, 1.82) is 0 Å². The molecule has 2 bridgehead atoms. The molecular formula is C7H13N2NaO2. The Morgan fingerprint density at radius 3 is 2.42 bits per heavy atom. The van der Waals surface area contributed by atoms with Gasteiger partial charge in [0, 0.05) is 12.5 Å². The van der Waals surface area contributed by atoms with Crippen LogP contribution in [0.25, 0.3) is 0 Å². The van der Waals surface area contributed by atoms with Gasteiger partial charge in [0.2, 0.25) is 0 Å². The third-order valence-corrected chi connectivity index (χ3v) is 2.77. The van der Waals surface area contributed by atoms with Crippen LogP contribution in [0.4, 0.5) is 0 Å². The zero-order valence-corrected chi connectivity index (χ0v) is 6.40. The van der Waals surface area contributed by atoms with Crippen LogP contribution >= 0.6 is 0 Å². The van der Waals surface area contributed by atoms with Gasteiger partial charge in [-0.3, -0.25) is 4.90 Å². The molecule has 0 aromatic carbocycles. The predicted molar refractivity (Wildman–Crippen MR) is 47.0 cm³/mol. The van der Waals surface area contributed by atoms with E-state index in [1.807, 2.05) is 0 Å². The first-order valence-electron chi connectivity index (χ1n) is 4.11. The van der Waals surface area contributed by atoms with Crippen molar-refractivity contribution in [1.82, 2.24) is 4.90 Å². The second kappa shape index (κ2) is 4.56. The van der Waals surface area contributed by atoms with Gasteiger partial charge in [-0.2, -0.15) is 0 Å². The maximum absolute atomic E-state index is 9.86. The van der Waals surface area contributed by atoms with E-state index in [0.717, 1.165) is 6.54 Å². The summed E-state index contributed by atoms with van der Waals surface area (Å²) in [7, 11) is 0. The van der Waals surface area contributed by atoms with E-state index < -0.39 is 0 Å². The molecule has 3 fully saturated rings. The van der Waals surface area contributed by atoms with E-state index >= 15 is 0 Å². The van der Waals surface area contributed by atoms with E-state index in [0.29, 0.717) is 5.92 Å². The van der Waals surface area contributed by atoms with Crippen molar-refractivity contribution in [2.24, 2.45) is 11.3 Å². The first-order chi connectivity index (χ1) is 5.40. The van der Waals surface area contributed by atoms with Gasteiger partial charge in [-0.1, -0.05) is 0 Å². The van der Waals surface area contributed by atoms with Crippen molar-refractivity contribution < 1.29 is 4.84 Å². The fourth-order valence-corrected chi connectivity index (χ4v) is 2.09. The molecule has 3 aliphatic rings. The molecule has 1 atom stereocenters. The van der Waals surface area contributed by atoms with Crippen LogP contribution in [-0.2, 0) is 4.84 Å². The summed E-state index contributed by atoms with van der Waals surface area (Å²) in [5.74, 6) is 0.581. The van der Waals surface area contributed by atoms with Gasteiger partial charge in [0.15, 0.2) is 5.34 Å². The minimum absolute atomic E-state index is 0. The first kappa shape index (κ1) is 10.4. The summed E-state index contributed by atoms with van der Waals surface area (Å²) in [5.41, 5.74) is 0. The monoisotopic (exact) mass is 180 g/mol. The van der Waals surface area contributed by atoms with E-state index in [9.17, 15) is 4.91 Å². The molecule has 5 heteroatoms. The van der Waals surface area contributed by atoms with E-state index in [4.69, 9.17) is 4.84 Å². The van der Waals surface area contributed by atoms with Gasteiger partial charge in [-0.05, 0) is 25.9 Å². The van der Waals surface area contributed by atoms with Crippen LogP contribution in [0, 0.1) is 10.8 Å². The van der Waals surface area contributed by atoms with Crippen LogP contribution in [-0.4, -0.2) is 60.2 Å². The van der Waals surface area contributed by atoms with Crippen LogP contribution in [0.1, 0.15) is 12.8 Å². The van der Waals surface area contributed by atoms with Gasteiger partial charge < -0.3 is 4.84 Å². The molecule has 3 saturated heterocycles. The molecule has 0 aromatic heterocycles. The van der Waals surface area contributed by atoms with E-state index in [1.165, 1.54) is 25.9 Å². The topological polar surface area (TPSA) is 41.9 Å². The van der Waals surface area contributed by atoms with Crippen molar-refractivity contribution in [3.8, 4) is 0 Å². The first-order valence-corrected chi connectivity index (χ1v) is 4.11. The van der Waals surface area contributed by atoms with Crippen molar-refractivity contribution in [3.63, 3.8) is 0 Å². The molecule has 0 aromatic rings. The van der Waals surface area contributed by atoms with E-state index in [2.05, 4.69) is 10.2 Å². The Balaban J connectivity index is 0.000000720. The molecule has 1 unspecified atom stereocenters. The molecule has 4 nitrogen and oxygen atoms in total. The number of rotatable bonds is 2. The van der Waals surface area contributed by atoms with Crippen LogP contribution < -0.4 is 0 Å². The molecule has 64 valence electrons. The number of fused-ring (bicyclic) bond motifs is 3. The fourth-order valence-electron chi connectivity index (χ4n) is 2.09. The molecule has 0 spiro atoms. The van der Waals surface area contributed by atoms with Gasteiger partial charge in [0.1, 0.15) is 6.10 Å². The molecule has 12 heavy (non-hydrogen) atoms. The summed E-state index contributed by atoms with van der Waals surface area (Å²) in [6, 6.07) is 0. The second-order valence-corrected chi connectivity index (χ2v) is 3.36. The number of hydrogen-bond donors (Lipinski definition) is 0. The van der Waals surface area contributed by atoms with Crippen LogP contribution in [0.15, 0.2) is 5.34 Å². The Labute approximate surface area is 93.9 Å². The van der Waals surface area contributed by atoms with Crippen molar-refractivity contribution in [2.45, 2.75) is 18.9 Å². The van der Waals surface area contributed by atoms with Crippen molar-refractivity contribution in [2.75, 3.05) is 19.6 Å². The summed E-state index contributed by atoms with van der Waals surface area (Å²) in [4.78, 5) is 16.9. The average Bonchev–Trinajstić information content (AvgIpc) is 2.07. The standard InChI is InChI=1S/C7H12N2O2.Na.H/c10-8-11-7-5-9-3-1-6(7)2-4-9;;/h6-7H,1-5H2;;. The van der Waals surface area contributed by atoms with Gasteiger partial charge in [0.25, 0.3) is 0 Å². The molecule has 3 aliphatic heterocycles. The molecule has 0 aliphatic carbocycles. The Morgan fingerprint density at radius 2 is 2.00 bits per heavy atom. The zero-order chi connectivity index (χ0) is 7.68.